The number of aromatic nitrogens is 2. The summed E-state index contributed by atoms with van der Waals surface area (Å²) in [6.07, 6.45) is 0. The molecule has 0 spiro atoms. The van der Waals surface area contributed by atoms with Crippen LogP contribution in [-0.4, -0.2) is 9.97 Å². The zero-order valence-electron chi connectivity index (χ0n) is 33.3. The molecule has 0 unspecified atom stereocenters. The molecule has 3 heteroatoms. The van der Waals surface area contributed by atoms with Gasteiger partial charge in [-0.05, 0) is 109 Å². The number of rotatable bonds is 5. The molecule has 0 N–H and O–H groups in total. The van der Waals surface area contributed by atoms with E-state index in [1.165, 1.54) is 43.8 Å². The van der Waals surface area contributed by atoms with Crippen LogP contribution in [0.1, 0.15) is 25.0 Å². The lowest BCUT2D eigenvalue weighted by Crippen LogP contribution is -2.14. The number of nitrogens with zero attached hydrogens (tertiary/aromatic N) is 2. The normalized spacial score (nSPS) is 13.0. The maximum absolute atomic E-state index is 6.63. The van der Waals surface area contributed by atoms with Gasteiger partial charge in [0.15, 0.2) is 5.82 Å². The van der Waals surface area contributed by atoms with Gasteiger partial charge in [0, 0.05) is 38.4 Å². The summed E-state index contributed by atoms with van der Waals surface area (Å²) in [6, 6.07) is 69.6. The number of fused-ring (bicyclic) bond motifs is 8. The van der Waals surface area contributed by atoms with Crippen LogP contribution in [0.15, 0.2) is 199 Å². The molecule has 0 fully saturated rings. The van der Waals surface area contributed by atoms with Gasteiger partial charge in [-0.1, -0.05) is 159 Å². The molecule has 0 atom stereocenters. The minimum atomic E-state index is -0.125. The Kier molecular flexibility index (Phi) is 7.58. The third-order valence-corrected chi connectivity index (χ3v) is 12.6. The number of para-hydroxylation sites is 2. The molecule has 11 aromatic rings. The Bertz CT molecular complexity index is 3520. The quantitative estimate of drug-likeness (QED) is 0.175. The average Bonchev–Trinajstić information content (AvgIpc) is 3.79. The molecule has 2 aromatic heterocycles. The second-order valence-corrected chi connectivity index (χ2v) is 16.6. The lowest BCUT2D eigenvalue weighted by molar-refractivity contribution is 0.661. The van der Waals surface area contributed by atoms with Crippen LogP contribution in [0.3, 0.4) is 0 Å². The van der Waals surface area contributed by atoms with Crippen LogP contribution in [0.5, 0.6) is 0 Å². The van der Waals surface area contributed by atoms with E-state index in [9.17, 15) is 0 Å². The first kappa shape index (κ1) is 34.4. The van der Waals surface area contributed by atoms with Crippen LogP contribution in [0.2, 0.25) is 0 Å². The number of furan rings is 1. The summed E-state index contributed by atoms with van der Waals surface area (Å²) in [7, 11) is 0. The van der Waals surface area contributed by atoms with Crippen LogP contribution in [0.4, 0.5) is 0 Å². The largest absolute Gasteiger partial charge is 0.455 e. The molecule has 9 aromatic carbocycles. The molecule has 0 bridgehead atoms. The van der Waals surface area contributed by atoms with Gasteiger partial charge in [-0.25, -0.2) is 9.97 Å². The van der Waals surface area contributed by atoms with E-state index in [4.69, 9.17) is 14.4 Å². The fourth-order valence-electron chi connectivity index (χ4n) is 9.59. The second-order valence-electron chi connectivity index (χ2n) is 16.6. The molecule has 1 aliphatic rings. The Balaban J connectivity index is 1.09. The summed E-state index contributed by atoms with van der Waals surface area (Å²) in [5.74, 6) is 0.687. The third-order valence-electron chi connectivity index (χ3n) is 12.6. The second kappa shape index (κ2) is 13.2. The molecule has 0 aliphatic heterocycles. The Morgan fingerprint density at radius 1 is 0.367 bits per heavy atom. The first-order valence-electron chi connectivity index (χ1n) is 20.6. The van der Waals surface area contributed by atoms with Gasteiger partial charge >= 0.3 is 0 Å². The highest BCUT2D eigenvalue weighted by Gasteiger charge is 2.36. The van der Waals surface area contributed by atoms with Crippen molar-refractivity contribution in [2.24, 2.45) is 0 Å². The Morgan fingerprint density at radius 2 is 0.967 bits per heavy atom. The highest BCUT2D eigenvalue weighted by molar-refractivity contribution is 6.10. The Morgan fingerprint density at radius 3 is 1.80 bits per heavy atom. The molecule has 2 heterocycles. The molecule has 0 amide bonds. The van der Waals surface area contributed by atoms with Gasteiger partial charge in [0.05, 0.1) is 11.4 Å². The molecule has 1 aliphatic carbocycles. The van der Waals surface area contributed by atoms with Crippen molar-refractivity contribution in [2.45, 2.75) is 19.3 Å². The fourth-order valence-corrected chi connectivity index (χ4v) is 9.59. The van der Waals surface area contributed by atoms with Crippen molar-refractivity contribution in [2.75, 3.05) is 0 Å². The maximum Gasteiger partial charge on any atom is 0.160 e. The minimum Gasteiger partial charge on any atom is -0.455 e. The van der Waals surface area contributed by atoms with Crippen LogP contribution in [0.25, 0.3) is 111 Å². The molecule has 0 saturated carbocycles. The van der Waals surface area contributed by atoms with Gasteiger partial charge < -0.3 is 4.42 Å². The lowest BCUT2D eigenvalue weighted by atomic mass is 9.81. The van der Waals surface area contributed by atoms with E-state index in [1.54, 1.807) is 0 Å². The smallest absolute Gasteiger partial charge is 0.160 e. The van der Waals surface area contributed by atoms with E-state index < -0.39 is 0 Å². The van der Waals surface area contributed by atoms with E-state index in [2.05, 4.69) is 190 Å². The zero-order valence-corrected chi connectivity index (χ0v) is 33.3. The number of hydrogen-bond acceptors (Lipinski definition) is 3. The molecule has 3 nitrogen and oxygen atoms in total. The van der Waals surface area contributed by atoms with Crippen LogP contribution in [0, 0.1) is 0 Å². The predicted octanol–water partition coefficient (Wildman–Crippen LogP) is 15.3. The van der Waals surface area contributed by atoms with Gasteiger partial charge in [0.1, 0.15) is 11.2 Å². The monoisotopic (exact) mass is 766 g/mol. The number of hydrogen-bond donors (Lipinski definition) is 0. The van der Waals surface area contributed by atoms with Crippen molar-refractivity contribution in [1.82, 2.24) is 9.97 Å². The predicted molar refractivity (Wildman–Crippen MR) is 249 cm³/mol. The summed E-state index contributed by atoms with van der Waals surface area (Å²) in [4.78, 5) is 10.7. The van der Waals surface area contributed by atoms with E-state index in [-0.39, 0.29) is 5.41 Å². The van der Waals surface area contributed by atoms with Crippen LogP contribution in [-0.2, 0) is 5.41 Å². The fraction of sp³-hybridized carbons (Fsp3) is 0.0526. The SMILES string of the molecule is CC1(C)c2ccc(-c3cc(-c4cc(-c5cccc6ccccc56)cc(-c5cccc6c5oc5ccccc56)c4)nc(-c4ccccc4)n3)cc2-c2cc3ccccc3cc21. The van der Waals surface area contributed by atoms with E-state index in [1.807, 2.05) is 18.2 Å². The van der Waals surface area contributed by atoms with Crippen LogP contribution >= 0.6 is 0 Å². The maximum atomic E-state index is 6.63. The van der Waals surface area contributed by atoms with E-state index in [0.717, 1.165) is 72.3 Å². The van der Waals surface area contributed by atoms with Gasteiger partial charge in [0.2, 0.25) is 0 Å². The van der Waals surface area contributed by atoms with Crippen molar-refractivity contribution >= 4 is 43.5 Å². The topological polar surface area (TPSA) is 38.9 Å². The summed E-state index contributed by atoms with van der Waals surface area (Å²) in [6.45, 7) is 4.68. The molecule has 60 heavy (non-hydrogen) atoms. The standard InChI is InChI=1S/C57H38N2O/c1-57(2)50-27-26-39(32-48(50)49-31-37-17-6-7-18-38(37)33-51(49)57)52-34-53(59-56(58-52)36-15-4-3-5-16-36)42-29-40(44-22-12-19-35-14-8-9-20-43(35)44)28-41(30-42)45-23-13-24-47-46-21-10-11-25-54(46)60-55(45)47/h3-34H,1-2H3. The van der Waals surface area contributed by atoms with E-state index >= 15 is 0 Å². The summed E-state index contributed by atoms with van der Waals surface area (Å²) in [5.41, 5.74) is 16.0. The molecule has 12 rings (SSSR count). The van der Waals surface area contributed by atoms with Gasteiger partial charge in [-0.15, -0.1) is 0 Å². The van der Waals surface area contributed by atoms with Crippen molar-refractivity contribution < 1.29 is 4.42 Å². The molecular formula is C57H38N2O. The van der Waals surface area contributed by atoms with Gasteiger partial charge in [0.25, 0.3) is 0 Å². The van der Waals surface area contributed by atoms with Gasteiger partial charge in [-0.2, -0.15) is 0 Å². The van der Waals surface area contributed by atoms with Crippen molar-refractivity contribution in [3.63, 3.8) is 0 Å². The average molecular weight is 767 g/mol. The van der Waals surface area contributed by atoms with Crippen molar-refractivity contribution in [3.8, 4) is 67.3 Å². The first-order chi connectivity index (χ1) is 29.5. The summed E-state index contributed by atoms with van der Waals surface area (Å²) in [5, 5.41) is 7.14. The first-order valence-corrected chi connectivity index (χ1v) is 20.6. The van der Waals surface area contributed by atoms with Crippen molar-refractivity contribution in [1.29, 1.82) is 0 Å². The highest BCUT2D eigenvalue weighted by atomic mass is 16.3. The van der Waals surface area contributed by atoms with Crippen LogP contribution < -0.4 is 0 Å². The molecule has 0 saturated heterocycles. The Hall–Kier alpha value is -7.62. The summed E-state index contributed by atoms with van der Waals surface area (Å²) >= 11 is 0. The zero-order chi connectivity index (χ0) is 40.0. The highest BCUT2D eigenvalue weighted by Crippen LogP contribution is 2.51. The molecular weight excluding hydrogens is 729 g/mol. The molecule has 0 radical (unpaired) electrons. The van der Waals surface area contributed by atoms with Crippen molar-refractivity contribution in [3.05, 3.63) is 205 Å². The van der Waals surface area contributed by atoms with E-state index in [0.29, 0.717) is 5.82 Å². The molecule has 282 valence electrons. The Labute approximate surface area is 348 Å². The van der Waals surface area contributed by atoms with Gasteiger partial charge in [-0.3, -0.25) is 0 Å². The number of benzene rings is 9. The lowest BCUT2D eigenvalue weighted by Gasteiger charge is -2.22. The summed E-state index contributed by atoms with van der Waals surface area (Å²) < 4.78 is 6.63. The minimum absolute atomic E-state index is 0.125. The third kappa shape index (κ3) is 5.43.